The zero-order chi connectivity index (χ0) is 26.9. The van der Waals surface area contributed by atoms with Crippen molar-refractivity contribution in [1.29, 1.82) is 0 Å². The van der Waals surface area contributed by atoms with Crippen LogP contribution in [-0.4, -0.2) is 65.2 Å². The van der Waals surface area contributed by atoms with Crippen LogP contribution in [0, 0.1) is 5.92 Å². The minimum atomic E-state index is -1.12. The van der Waals surface area contributed by atoms with Crippen molar-refractivity contribution < 1.29 is 28.7 Å². The molecule has 0 bridgehead atoms. The molecule has 9 nitrogen and oxygen atoms in total. The Morgan fingerprint density at radius 1 is 1.17 bits per heavy atom. The number of carbonyl (C=O) groups is 4. The summed E-state index contributed by atoms with van der Waals surface area (Å²) in [5, 5.41) is 5.58. The Kier molecular flexibility index (Phi) is 10.5. The van der Waals surface area contributed by atoms with E-state index in [4.69, 9.17) is 9.47 Å². The summed E-state index contributed by atoms with van der Waals surface area (Å²) in [6, 6.07) is -1.53. The van der Waals surface area contributed by atoms with Gasteiger partial charge < -0.3 is 25.0 Å². The molecule has 3 amide bonds. The minimum Gasteiger partial charge on any atom is -0.464 e. The van der Waals surface area contributed by atoms with Gasteiger partial charge in [-0.2, -0.15) is 0 Å². The van der Waals surface area contributed by atoms with Gasteiger partial charge in [0.25, 0.3) is 0 Å². The zero-order valence-corrected chi connectivity index (χ0v) is 22.3. The van der Waals surface area contributed by atoms with E-state index in [-0.39, 0.29) is 24.3 Å². The fraction of sp³-hybridized carbons (Fsp3) is 0.704. The van der Waals surface area contributed by atoms with Crippen LogP contribution in [0.25, 0.3) is 0 Å². The molecule has 1 aliphatic heterocycles. The maximum Gasteiger partial charge on any atom is 0.408 e. The number of nitrogens with one attached hydrogen (secondary N) is 2. The lowest BCUT2D eigenvalue weighted by atomic mass is 10.0. The summed E-state index contributed by atoms with van der Waals surface area (Å²) in [6.45, 7) is 15.1. The molecule has 0 spiro atoms. The van der Waals surface area contributed by atoms with Crippen molar-refractivity contribution in [2.24, 2.45) is 5.92 Å². The second-order valence-corrected chi connectivity index (χ2v) is 10.5. The molecular formula is C27H43N3O6. The first-order valence-corrected chi connectivity index (χ1v) is 13.0. The van der Waals surface area contributed by atoms with Gasteiger partial charge >= 0.3 is 12.1 Å². The average Bonchev–Trinajstić information content (AvgIpc) is 3.29. The highest BCUT2D eigenvalue weighted by Gasteiger charge is 2.61. The van der Waals surface area contributed by atoms with Crippen LogP contribution in [-0.2, 0) is 23.9 Å². The molecule has 4 atom stereocenters. The van der Waals surface area contributed by atoms with Crippen molar-refractivity contribution in [3.05, 3.63) is 25.3 Å². The van der Waals surface area contributed by atoms with Gasteiger partial charge in [0, 0.05) is 12.5 Å². The summed E-state index contributed by atoms with van der Waals surface area (Å²) in [7, 11) is 0. The van der Waals surface area contributed by atoms with Crippen LogP contribution in [0.15, 0.2) is 25.3 Å². The summed E-state index contributed by atoms with van der Waals surface area (Å²) in [4.78, 5) is 53.4. The van der Waals surface area contributed by atoms with Gasteiger partial charge in [0.15, 0.2) is 0 Å². The Morgan fingerprint density at radius 2 is 1.89 bits per heavy atom. The molecule has 202 valence electrons. The molecule has 36 heavy (non-hydrogen) atoms. The standard InChI is InChI=1S/C27H43N3O6/c1-7-10-11-12-13-15-20(28-25(34)36-26(4,5)6)23(32)30-17-14-16-21(30)22(31)29-27(18-19(27)8-2)24(33)35-9-3/h7-8,19-21H,1-2,9-18H2,3-6H3,(H,28,34)(H,29,31)/t19?,20-,21-,27+/m0/s1. The van der Waals surface area contributed by atoms with Crippen molar-refractivity contribution in [2.75, 3.05) is 13.2 Å². The molecule has 2 N–H and O–H groups in total. The molecule has 1 heterocycles. The Labute approximate surface area is 215 Å². The van der Waals surface area contributed by atoms with Gasteiger partial charge in [0.05, 0.1) is 6.61 Å². The summed E-state index contributed by atoms with van der Waals surface area (Å²) in [5.74, 6) is -1.39. The normalized spacial score (nSPS) is 23.8. The van der Waals surface area contributed by atoms with E-state index in [1.807, 2.05) is 6.08 Å². The number of allylic oxidation sites excluding steroid dienone is 1. The van der Waals surface area contributed by atoms with Crippen LogP contribution in [0.1, 0.15) is 79.1 Å². The highest BCUT2D eigenvalue weighted by atomic mass is 16.6. The number of carbonyl (C=O) groups excluding carboxylic acids is 4. The first kappa shape index (κ1) is 29.4. The van der Waals surface area contributed by atoms with Gasteiger partial charge in [-0.05, 0) is 66.2 Å². The summed E-state index contributed by atoms with van der Waals surface area (Å²) in [6.07, 6.45) is 8.29. The van der Waals surface area contributed by atoms with E-state index in [0.29, 0.717) is 32.2 Å². The average molecular weight is 506 g/mol. The third-order valence-electron chi connectivity index (χ3n) is 6.51. The van der Waals surface area contributed by atoms with Crippen LogP contribution in [0.5, 0.6) is 0 Å². The van der Waals surface area contributed by atoms with E-state index >= 15 is 0 Å². The van der Waals surface area contributed by atoms with E-state index in [0.717, 1.165) is 25.7 Å². The van der Waals surface area contributed by atoms with Gasteiger partial charge in [-0.15, -0.1) is 13.2 Å². The second-order valence-electron chi connectivity index (χ2n) is 10.5. The number of alkyl carbamates (subject to hydrolysis) is 1. The molecule has 1 saturated carbocycles. The number of amides is 3. The predicted molar refractivity (Wildman–Crippen MR) is 137 cm³/mol. The number of ether oxygens (including phenoxy) is 2. The third kappa shape index (κ3) is 7.83. The number of hydrogen-bond acceptors (Lipinski definition) is 6. The lowest BCUT2D eigenvalue weighted by molar-refractivity contribution is -0.150. The molecule has 0 aromatic rings. The lowest BCUT2D eigenvalue weighted by Gasteiger charge is -2.30. The van der Waals surface area contributed by atoms with Crippen molar-refractivity contribution in [3.63, 3.8) is 0 Å². The Bertz CT molecular complexity index is 836. The van der Waals surface area contributed by atoms with Crippen molar-refractivity contribution >= 4 is 23.9 Å². The Hall–Kier alpha value is -2.84. The summed E-state index contributed by atoms with van der Waals surface area (Å²) >= 11 is 0. The van der Waals surface area contributed by atoms with Crippen LogP contribution < -0.4 is 10.6 Å². The smallest absolute Gasteiger partial charge is 0.408 e. The fourth-order valence-electron chi connectivity index (χ4n) is 4.59. The van der Waals surface area contributed by atoms with Gasteiger partial charge in [-0.1, -0.05) is 25.0 Å². The molecule has 0 aromatic heterocycles. The Balaban J connectivity index is 2.12. The highest BCUT2D eigenvalue weighted by molar-refractivity contribution is 5.96. The van der Waals surface area contributed by atoms with E-state index in [1.165, 1.54) is 4.90 Å². The first-order valence-electron chi connectivity index (χ1n) is 13.0. The molecule has 2 rings (SSSR count). The first-order chi connectivity index (χ1) is 17.0. The topological polar surface area (TPSA) is 114 Å². The number of nitrogens with zero attached hydrogens (tertiary/aromatic N) is 1. The molecule has 2 aliphatic rings. The minimum absolute atomic E-state index is 0.205. The predicted octanol–water partition coefficient (Wildman–Crippen LogP) is 3.63. The molecule has 0 radical (unpaired) electrons. The molecule has 0 aromatic carbocycles. The number of hydrogen-bond donors (Lipinski definition) is 2. The van der Waals surface area contributed by atoms with Gasteiger partial charge in [-0.25, -0.2) is 9.59 Å². The largest absolute Gasteiger partial charge is 0.464 e. The SMILES string of the molecule is C=CCCCCC[C@H](NC(=O)OC(C)(C)C)C(=O)N1CCC[C@H]1C(=O)N[C@]1(C(=O)OCC)CC1C=C. The quantitative estimate of drug-likeness (QED) is 0.224. The highest BCUT2D eigenvalue weighted by Crippen LogP contribution is 2.45. The van der Waals surface area contributed by atoms with E-state index in [9.17, 15) is 19.2 Å². The maximum atomic E-state index is 13.6. The molecule has 1 saturated heterocycles. The number of unbranched alkanes of at least 4 members (excludes halogenated alkanes) is 3. The van der Waals surface area contributed by atoms with Crippen molar-refractivity contribution in [1.82, 2.24) is 15.5 Å². The van der Waals surface area contributed by atoms with Gasteiger partial charge in [0.2, 0.25) is 11.8 Å². The summed E-state index contributed by atoms with van der Waals surface area (Å²) in [5.41, 5.74) is -1.82. The molecular weight excluding hydrogens is 462 g/mol. The number of rotatable bonds is 13. The van der Waals surface area contributed by atoms with E-state index in [1.54, 1.807) is 33.8 Å². The lowest BCUT2D eigenvalue weighted by Crippen LogP contribution is -2.56. The molecule has 1 aliphatic carbocycles. The summed E-state index contributed by atoms with van der Waals surface area (Å²) < 4.78 is 10.6. The third-order valence-corrected chi connectivity index (χ3v) is 6.51. The maximum absolute atomic E-state index is 13.6. The van der Waals surface area contributed by atoms with Gasteiger partial charge in [-0.3, -0.25) is 9.59 Å². The molecule has 9 heteroatoms. The molecule has 1 unspecified atom stereocenters. The number of likely N-dealkylation sites (tertiary alicyclic amines) is 1. The van der Waals surface area contributed by atoms with Crippen molar-refractivity contribution in [3.8, 4) is 0 Å². The van der Waals surface area contributed by atoms with E-state index < -0.39 is 35.3 Å². The monoisotopic (exact) mass is 505 g/mol. The molecule has 2 fully saturated rings. The van der Waals surface area contributed by atoms with E-state index in [2.05, 4.69) is 23.8 Å². The van der Waals surface area contributed by atoms with Crippen LogP contribution in [0.3, 0.4) is 0 Å². The second kappa shape index (κ2) is 12.9. The van der Waals surface area contributed by atoms with Crippen molar-refractivity contribution in [2.45, 2.75) is 102 Å². The number of esters is 1. The zero-order valence-electron chi connectivity index (χ0n) is 22.3. The van der Waals surface area contributed by atoms with Crippen LogP contribution in [0.4, 0.5) is 4.79 Å². The Morgan fingerprint density at radius 3 is 2.47 bits per heavy atom. The van der Waals surface area contributed by atoms with Gasteiger partial charge in [0.1, 0.15) is 23.2 Å². The fourth-order valence-corrected chi connectivity index (χ4v) is 4.59. The van der Waals surface area contributed by atoms with Crippen LogP contribution in [0.2, 0.25) is 0 Å². The van der Waals surface area contributed by atoms with Crippen LogP contribution >= 0.6 is 0 Å².